The summed E-state index contributed by atoms with van der Waals surface area (Å²) < 4.78 is 2.59. The van der Waals surface area contributed by atoms with Gasteiger partial charge in [-0.05, 0) is 67.3 Å². The summed E-state index contributed by atoms with van der Waals surface area (Å²) in [5.41, 5.74) is 2.88. The van der Waals surface area contributed by atoms with Gasteiger partial charge in [-0.1, -0.05) is 31.2 Å². The van der Waals surface area contributed by atoms with E-state index in [2.05, 4.69) is 10.3 Å². The second-order valence-corrected chi connectivity index (χ2v) is 8.08. The second-order valence-electron chi connectivity index (χ2n) is 8.08. The van der Waals surface area contributed by atoms with Crippen LogP contribution in [-0.2, 0) is 11.3 Å². The average Bonchev–Trinajstić information content (AvgIpc) is 2.83. The summed E-state index contributed by atoms with van der Waals surface area (Å²) in [7, 11) is 0. The molecule has 1 N–H and O–H groups in total. The Labute approximate surface area is 191 Å². The molecule has 4 aromatic rings. The van der Waals surface area contributed by atoms with Gasteiger partial charge in [0, 0.05) is 18.9 Å². The van der Waals surface area contributed by atoms with Crippen molar-refractivity contribution in [3.63, 3.8) is 0 Å². The Hall–Kier alpha value is -4.00. The number of aromatic nitrogens is 3. The predicted molar refractivity (Wildman–Crippen MR) is 129 cm³/mol. The van der Waals surface area contributed by atoms with Gasteiger partial charge in [-0.2, -0.15) is 0 Å². The largest absolute Gasteiger partial charge is 0.350 e. The molecule has 4 rings (SSSR count). The Morgan fingerprint density at radius 3 is 2.52 bits per heavy atom. The van der Waals surface area contributed by atoms with Crippen LogP contribution >= 0.6 is 0 Å². The van der Waals surface area contributed by atoms with Crippen molar-refractivity contribution in [2.75, 3.05) is 0 Å². The first-order chi connectivity index (χ1) is 15.9. The molecule has 7 heteroatoms. The van der Waals surface area contributed by atoms with Crippen LogP contribution in [0.25, 0.3) is 16.6 Å². The summed E-state index contributed by atoms with van der Waals surface area (Å²) in [6, 6.07) is 15.3. The third kappa shape index (κ3) is 4.22. The van der Waals surface area contributed by atoms with Crippen molar-refractivity contribution in [3.05, 3.63) is 105 Å². The number of hydrogen-bond acceptors (Lipinski definition) is 4. The number of rotatable bonds is 6. The van der Waals surface area contributed by atoms with E-state index < -0.39 is 17.3 Å². The molecule has 0 radical (unpaired) electrons. The number of hydrogen-bond donors (Lipinski definition) is 1. The molecule has 2 aromatic heterocycles. The number of para-hydroxylation sites is 1. The van der Waals surface area contributed by atoms with Crippen molar-refractivity contribution in [1.82, 2.24) is 19.4 Å². The van der Waals surface area contributed by atoms with E-state index in [0.29, 0.717) is 29.6 Å². The number of amides is 1. The smallest absolute Gasteiger partial charge is 0.336 e. The van der Waals surface area contributed by atoms with Crippen LogP contribution < -0.4 is 16.6 Å². The first-order valence-electron chi connectivity index (χ1n) is 10.9. The SMILES string of the molecule is CCC(C(=O)NCc1cccnc1)n1c(=O)n(-c2ccc(C)c(C)c2)c(=O)c2ccccc21. The van der Waals surface area contributed by atoms with Crippen molar-refractivity contribution >= 4 is 16.8 Å². The fraction of sp³-hybridized carbons (Fsp3) is 0.231. The van der Waals surface area contributed by atoms with Gasteiger partial charge in [0.25, 0.3) is 5.56 Å². The molecular formula is C26H26N4O3. The van der Waals surface area contributed by atoms with Crippen LogP contribution in [0.1, 0.15) is 36.1 Å². The lowest BCUT2D eigenvalue weighted by atomic mass is 10.1. The van der Waals surface area contributed by atoms with E-state index in [1.807, 2.05) is 39.0 Å². The van der Waals surface area contributed by atoms with Crippen LogP contribution in [0.5, 0.6) is 0 Å². The molecule has 0 fully saturated rings. The first kappa shape index (κ1) is 22.2. The van der Waals surface area contributed by atoms with E-state index in [-0.39, 0.29) is 5.91 Å². The van der Waals surface area contributed by atoms with Crippen LogP contribution in [0.4, 0.5) is 0 Å². The van der Waals surface area contributed by atoms with E-state index in [4.69, 9.17) is 0 Å². The number of pyridine rings is 1. The van der Waals surface area contributed by atoms with Crippen LogP contribution in [-0.4, -0.2) is 20.0 Å². The van der Waals surface area contributed by atoms with E-state index in [9.17, 15) is 14.4 Å². The molecule has 168 valence electrons. The molecule has 0 bridgehead atoms. The predicted octanol–water partition coefficient (Wildman–Crippen LogP) is 3.43. The number of benzene rings is 2. The number of carbonyl (C=O) groups excluding carboxylic acids is 1. The van der Waals surface area contributed by atoms with Crippen molar-refractivity contribution in [1.29, 1.82) is 0 Å². The number of carbonyl (C=O) groups is 1. The molecule has 0 aliphatic heterocycles. The third-order valence-corrected chi connectivity index (χ3v) is 5.93. The molecule has 1 amide bonds. The van der Waals surface area contributed by atoms with Crippen LogP contribution in [0.3, 0.4) is 0 Å². The lowest BCUT2D eigenvalue weighted by molar-refractivity contribution is -0.124. The Kier molecular flexibility index (Phi) is 6.22. The molecule has 2 heterocycles. The molecule has 2 aromatic carbocycles. The van der Waals surface area contributed by atoms with E-state index in [1.165, 1.54) is 4.57 Å². The molecule has 0 saturated carbocycles. The highest BCUT2D eigenvalue weighted by molar-refractivity contribution is 5.84. The van der Waals surface area contributed by atoms with Gasteiger partial charge in [-0.3, -0.25) is 19.1 Å². The molecule has 0 saturated heterocycles. The maximum Gasteiger partial charge on any atom is 0.336 e. The van der Waals surface area contributed by atoms with Crippen molar-refractivity contribution in [2.45, 2.75) is 39.8 Å². The molecule has 0 spiro atoms. The Balaban J connectivity index is 1.86. The van der Waals surface area contributed by atoms with E-state index in [0.717, 1.165) is 21.3 Å². The van der Waals surface area contributed by atoms with Gasteiger partial charge < -0.3 is 5.32 Å². The summed E-state index contributed by atoms with van der Waals surface area (Å²) in [5, 5.41) is 3.29. The number of nitrogens with one attached hydrogen (secondary N) is 1. The van der Waals surface area contributed by atoms with Crippen LogP contribution in [0, 0.1) is 13.8 Å². The van der Waals surface area contributed by atoms with Crippen molar-refractivity contribution in [2.24, 2.45) is 0 Å². The fourth-order valence-electron chi connectivity index (χ4n) is 3.97. The maximum absolute atomic E-state index is 13.7. The zero-order valence-corrected chi connectivity index (χ0v) is 18.9. The lowest BCUT2D eigenvalue weighted by Crippen LogP contribution is -2.44. The van der Waals surface area contributed by atoms with Gasteiger partial charge in [-0.15, -0.1) is 0 Å². The van der Waals surface area contributed by atoms with Gasteiger partial charge in [0.05, 0.1) is 16.6 Å². The number of aryl methyl sites for hydroxylation is 2. The monoisotopic (exact) mass is 442 g/mol. The van der Waals surface area contributed by atoms with Gasteiger partial charge in [0.2, 0.25) is 5.91 Å². The normalized spacial score (nSPS) is 12.0. The number of fused-ring (bicyclic) bond motifs is 1. The highest BCUT2D eigenvalue weighted by Crippen LogP contribution is 2.19. The molecule has 33 heavy (non-hydrogen) atoms. The van der Waals surface area contributed by atoms with Gasteiger partial charge >= 0.3 is 5.69 Å². The summed E-state index contributed by atoms with van der Waals surface area (Å²) in [4.78, 5) is 44.3. The zero-order valence-electron chi connectivity index (χ0n) is 18.9. The molecule has 0 aliphatic carbocycles. The zero-order chi connectivity index (χ0) is 23.5. The van der Waals surface area contributed by atoms with Gasteiger partial charge in [0.15, 0.2) is 0 Å². The topological polar surface area (TPSA) is 86.0 Å². The van der Waals surface area contributed by atoms with E-state index in [1.54, 1.807) is 48.8 Å². The van der Waals surface area contributed by atoms with E-state index >= 15 is 0 Å². The van der Waals surface area contributed by atoms with Crippen molar-refractivity contribution < 1.29 is 4.79 Å². The number of nitrogens with zero attached hydrogens (tertiary/aromatic N) is 3. The summed E-state index contributed by atoms with van der Waals surface area (Å²) >= 11 is 0. The van der Waals surface area contributed by atoms with Crippen LogP contribution in [0.2, 0.25) is 0 Å². The van der Waals surface area contributed by atoms with Crippen LogP contribution in [0.15, 0.2) is 76.6 Å². The van der Waals surface area contributed by atoms with Crippen molar-refractivity contribution in [3.8, 4) is 5.69 Å². The Morgan fingerprint density at radius 2 is 1.82 bits per heavy atom. The fourth-order valence-corrected chi connectivity index (χ4v) is 3.97. The highest BCUT2D eigenvalue weighted by Gasteiger charge is 2.25. The maximum atomic E-state index is 13.7. The Morgan fingerprint density at radius 1 is 1.03 bits per heavy atom. The standard InChI is InChI=1S/C26H26N4O3/c1-4-22(24(31)28-16-19-8-7-13-27-15-19)30-23-10-6-5-9-21(23)25(32)29(26(30)33)20-12-11-17(2)18(3)14-20/h5-15,22H,4,16H2,1-3H3,(H,28,31). The lowest BCUT2D eigenvalue weighted by Gasteiger charge is -2.22. The Bertz CT molecular complexity index is 1440. The minimum atomic E-state index is -0.780. The average molecular weight is 443 g/mol. The molecule has 1 atom stereocenters. The molecule has 0 aliphatic rings. The van der Waals surface area contributed by atoms with Gasteiger partial charge in [-0.25, -0.2) is 9.36 Å². The molecular weight excluding hydrogens is 416 g/mol. The third-order valence-electron chi connectivity index (χ3n) is 5.93. The van der Waals surface area contributed by atoms with Gasteiger partial charge in [0.1, 0.15) is 6.04 Å². The summed E-state index contributed by atoms with van der Waals surface area (Å²) in [6.45, 7) is 6.05. The minimum absolute atomic E-state index is 0.293. The molecule has 7 nitrogen and oxygen atoms in total. The highest BCUT2D eigenvalue weighted by atomic mass is 16.2. The summed E-state index contributed by atoms with van der Waals surface area (Å²) in [6.07, 6.45) is 3.73. The minimum Gasteiger partial charge on any atom is -0.350 e. The second kappa shape index (κ2) is 9.24. The first-order valence-corrected chi connectivity index (χ1v) is 10.9. The molecule has 1 unspecified atom stereocenters. The summed E-state index contributed by atoms with van der Waals surface area (Å²) in [5.74, 6) is -0.293. The quantitative estimate of drug-likeness (QED) is 0.496.